The number of aryl methyl sites for hydroxylation is 1. The number of Topliss-reactive ketones (excluding diaryl/α,β-unsaturated/α-hetero) is 1. The number of carbonyl (C=O) groups is 2. The molecule has 2 fully saturated rings. The van der Waals surface area contributed by atoms with Crippen LogP contribution in [0.2, 0.25) is 0 Å². The largest absolute Gasteiger partial charge is 0.507 e. The van der Waals surface area contributed by atoms with Gasteiger partial charge in [0.15, 0.2) is 0 Å². The van der Waals surface area contributed by atoms with E-state index in [0.29, 0.717) is 11.3 Å². The minimum atomic E-state index is -0.672. The summed E-state index contributed by atoms with van der Waals surface area (Å²) in [7, 11) is 0. The Kier molecular flexibility index (Phi) is 4.15. The zero-order valence-corrected chi connectivity index (χ0v) is 14.6. The molecule has 1 unspecified atom stereocenters. The van der Waals surface area contributed by atoms with Crippen LogP contribution >= 0.6 is 0 Å². The second-order valence-electron chi connectivity index (χ2n) is 7.03. The molecule has 5 heteroatoms. The van der Waals surface area contributed by atoms with Crippen LogP contribution in [0.15, 0.2) is 52.7 Å². The van der Waals surface area contributed by atoms with Crippen LogP contribution in [-0.4, -0.2) is 27.7 Å². The summed E-state index contributed by atoms with van der Waals surface area (Å²) >= 11 is 0. The van der Waals surface area contributed by atoms with Crippen molar-refractivity contribution in [2.75, 3.05) is 0 Å². The molecule has 1 N–H and O–H groups in total. The van der Waals surface area contributed by atoms with Crippen LogP contribution in [0.3, 0.4) is 0 Å². The molecule has 1 atom stereocenters. The van der Waals surface area contributed by atoms with E-state index in [1.54, 1.807) is 29.2 Å². The number of hydrogen-bond donors (Lipinski definition) is 1. The molecule has 1 aliphatic carbocycles. The highest BCUT2D eigenvalue weighted by Gasteiger charge is 2.50. The lowest BCUT2D eigenvalue weighted by atomic mass is 9.98. The molecular weight excluding hydrogens is 330 g/mol. The Labute approximate surface area is 151 Å². The van der Waals surface area contributed by atoms with Crippen LogP contribution in [-0.2, 0) is 9.59 Å². The van der Waals surface area contributed by atoms with Gasteiger partial charge < -0.3 is 14.4 Å². The lowest BCUT2D eigenvalue weighted by molar-refractivity contribution is -0.141. The number of furan rings is 1. The number of aliphatic hydroxyl groups is 1. The van der Waals surface area contributed by atoms with Gasteiger partial charge in [-0.2, -0.15) is 0 Å². The number of hydrogen-bond acceptors (Lipinski definition) is 4. The number of nitrogens with zero attached hydrogens (tertiary/aromatic N) is 1. The van der Waals surface area contributed by atoms with E-state index >= 15 is 0 Å². The third kappa shape index (κ3) is 2.64. The van der Waals surface area contributed by atoms with E-state index < -0.39 is 17.7 Å². The summed E-state index contributed by atoms with van der Waals surface area (Å²) in [5, 5.41) is 10.9. The van der Waals surface area contributed by atoms with Crippen molar-refractivity contribution in [2.45, 2.75) is 44.7 Å². The Hall–Kier alpha value is -2.82. The molecule has 1 aliphatic heterocycles. The van der Waals surface area contributed by atoms with E-state index in [4.69, 9.17) is 4.42 Å². The summed E-state index contributed by atoms with van der Waals surface area (Å²) in [5.74, 6) is -0.835. The Bertz CT molecular complexity index is 858. The number of benzene rings is 1. The highest BCUT2D eigenvalue weighted by atomic mass is 16.3. The first-order valence-corrected chi connectivity index (χ1v) is 8.98. The van der Waals surface area contributed by atoms with Crippen LogP contribution < -0.4 is 0 Å². The van der Waals surface area contributed by atoms with Crippen LogP contribution in [0, 0.1) is 6.92 Å². The van der Waals surface area contributed by atoms with E-state index in [9.17, 15) is 14.7 Å². The first-order chi connectivity index (χ1) is 12.6. The fourth-order valence-corrected chi connectivity index (χ4v) is 4.00. The van der Waals surface area contributed by atoms with Gasteiger partial charge in [-0.15, -0.1) is 0 Å². The number of carbonyl (C=O) groups excluding carboxylic acids is 2. The highest BCUT2D eigenvalue weighted by Crippen LogP contribution is 2.43. The number of likely N-dealkylation sites (tertiary alicyclic amines) is 1. The van der Waals surface area contributed by atoms with Crippen LogP contribution in [0.4, 0.5) is 0 Å². The molecule has 0 bridgehead atoms. The molecule has 0 radical (unpaired) electrons. The molecule has 1 amide bonds. The number of aliphatic hydroxyl groups excluding tert-OH is 1. The third-order valence-electron chi connectivity index (χ3n) is 5.34. The van der Waals surface area contributed by atoms with Crippen molar-refractivity contribution in [3.8, 4) is 0 Å². The van der Waals surface area contributed by atoms with Gasteiger partial charge in [0.2, 0.25) is 0 Å². The van der Waals surface area contributed by atoms with E-state index in [0.717, 1.165) is 31.2 Å². The molecule has 134 valence electrons. The predicted octanol–water partition coefficient (Wildman–Crippen LogP) is 3.95. The van der Waals surface area contributed by atoms with Gasteiger partial charge in [-0.25, -0.2) is 0 Å². The normalized spacial score (nSPS) is 23.1. The van der Waals surface area contributed by atoms with Crippen molar-refractivity contribution in [3.63, 3.8) is 0 Å². The van der Waals surface area contributed by atoms with Crippen LogP contribution in [0.5, 0.6) is 0 Å². The molecule has 2 heterocycles. The van der Waals surface area contributed by atoms with Crippen molar-refractivity contribution in [3.05, 3.63) is 65.1 Å². The molecular formula is C21H21NO4. The van der Waals surface area contributed by atoms with Gasteiger partial charge in [-0.1, -0.05) is 42.7 Å². The predicted molar refractivity (Wildman–Crippen MR) is 96.3 cm³/mol. The van der Waals surface area contributed by atoms with Gasteiger partial charge >= 0.3 is 0 Å². The summed E-state index contributed by atoms with van der Waals surface area (Å²) < 4.78 is 5.55. The maximum Gasteiger partial charge on any atom is 0.296 e. The molecule has 0 spiro atoms. The first kappa shape index (κ1) is 16.6. The van der Waals surface area contributed by atoms with Gasteiger partial charge in [0.25, 0.3) is 11.7 Å². The lowest BCUT2D eigenvalue weighted by Crippen LogP contribution is -2.37. The zero-order valence-electron chi connectivity index (χ0n) is 14.6. The van der Waals surface area contributed by atoms with Crippen LogP contribution in [0.1, 0.15) is 48.6 Å². The summed E-state index contributed by atoms with van der Waals surface area (Å²) in [6.45, 7) is 1.95. The van der Waals surface area contributed by atoms with Crippen molar-refractivity contribution in [2.24, 2.45) is 0 Å². The molecule has 4 rings (SSSR count). The van der Waals surface area contributed by atoms with E-state index in [-0.39, 0.29) is 17.4 Å². The molecule has 1 aromatic heterocycles. The Morgan fingerprint density at radius 3 is 2.42 bits per heavy atom. The number of amides is 1. The summed E-state index contributed by atoms with van der Waals surface area (Å²) in [6.07, 6.45) is 5.34. The molecule has 2 aromatic rings. The average molecular weight is 351 g/mol. The minimum absolute atomic E-state index is 0.00451. The SMILES string of the molecule is Cc1ccc(/C(O)=C2/C(=O)C(=O)N(C3CCCC3)C2c2ccco2)cc1. The van der Waals surface area contributed by atoms with Crippen molar-refractivity contribution in [1.82, 2.24) is 4.90 Å². The first-order valence-electron chi connectivity index (χ1n) is 8.98. The summed E-state index contributed by atoms with van der Waals surface area (Å²) in [6, 6.07) is 10.1. The number of rotatable bonds is 3. The van der Waals surface area contributed by atoms with E-state index in [1.165, 1.54) is 6.26 Å². The second kappa shape index (κ2) is 6.48. The maximum absolute atomic E-state index is 12.8. The second-order valence-corrected chi connectivity index (χ2v) is 7.03. The van der Waals surface area contributed by atoms with Crippen molar-refractivity contribution < 1.29 is 19.1 Å². The minimum Gasteiger partial charge on any atom is -0.507 e. The van der Waals surface area contributed by atoms with Crippen molar-refractivity contribution in [1.29, 1.82) is 0 Å². The van der Waals surface area contributed by atoms with E-state index in [2.05, 4.69) is 0 Å². The Balaban J connectivity index is 1.86. The molecule has 2 aliphatic rings. The topological polar surface area (TPSA) is 70.8 Å². The molecule has 1 saturated carbocycles. The molecule has 26 heavy (non-hydrogen) atoms. The maximum atomic E-state index is 12.8. The van der Waals surface area contributed by atoms with E-state index in [1.807, 2.05) is 19.1 Å². The molecule has 5 nitrogen and oxygen atoms in total. The summed E-state index contributed by atoms with van der Waals surface area (Å²) in [5.41, 5.74) is 1.69. The molecule has 1 aromatic carbocycles. The Morgan fingerprint density at radius 2 is 1.81 bits per heavy atom. The third-order valence-corrected chi connectivity index (χ3v) is 5.34. The highest BCUT2D eigenvalue weighted by molar-refractivity contribution is 6.46. The van der Waals surface area contributed by atoms with Gasteiger partial charge in [0.05, 0.1) is 11.8 Å². The standard InChI is InChI=1S/C21H21NO4/c1-13-8-10-14(11-9-13)19(23)17-18(16-7-4-12-26-16)22(21(25)20(17)24)15-5-2-3-6-15/h4,7-12,15,18,23H,2-3,5-6H2,1H3/b19-17-. The van der Waals surface area contributed by atoms with Gasteiger partial charge in [0.1, 0.15) is 17.6 Å². The van der Waals surface area contributed by atoms with Gasteiger partial charge in [-0.05, 0) is 31.9 Å². The molecule has 1 saturated heterocycles. The fraction of sp³-hybridized carbons (Fsp3) is 0.333. The van der Waals surface area contributed by atoms with Gasteiger partial charge in [-0.3, -0.25) is 9.59 Å². The summed E-state index contributed by atoms with van der Waals surface area (Å²) in [4.78, 5) is 27.2. The monoisotopic (exact) mass is 351 g/mol. The Morgan fingerprint density at radius 1 is 1.12 bits per heavy atom. The smallest absolute Gasteiger partial charge is 0.296 e. The lowest BCUT2D eigenvalue weighted by Gasteiger charge is -2.29. The van der Waals surface area contributed by atoms with Crippen molar-refractivity contribution >= 4 is 17.4 Å². The zero-order chi connectivity index (χ0) is 18.3. The average Bonchev–Trinajstić information content (AvgIpc) is 3.37. The quantitative estimate of drug-likeness (QED) is 0.516. The van der Waals surface area contributed by atoms with Crippen LogP contribution in [0.25, 0.3) is 5.76 Å². The number of ketones is 1. The van der Waals surface area contributed by atoms with Gasteiger partial charge in [0, 0.05) is 11.6 Å². The fourth-order valence-electron chi connectivity index (χ4n) is 4.00.